The zero-order valence-electron chi connectivity index (χ0n) is 12.5. The van der Waals surface area contributed by atoms with Crippen molar-refractivity contribution >= 4 is 15.7 Å². The van der Waals surface area contributed by atoms with E-state index in [4.69, 9.17) is 0 Å². The SMILES string of the molecule is O=C(NCCCS(=O)(=O)Cc1ccccc1)c1cccc(F)c1. The average Bonchev–Trinajstić information content (AvgIpc) is 2.52. The Morgan fingerprint density at radius 1 is 1.04 bits per heavy atom. The maximum Gasteiger partial charge on any atom is 0.251 e. The molecule has 0 aliphatic heterocycles. The third kappa shape index (κ3) is 5.83. The predicted molar refractivity (Wildman–Crippen MR) is 87.3 cm³/mol. The third-order valence-electron chi connectivity index (χ3n) is 3.23. The van der Waals surface area contributed by atoms with Gasteiger partial charge in [-0.15, -0.1) is 0 Å². The summed E-state index contributed by atoms with van der Waals surface area (Å²) in [5.74, 6) is -0.912. The van der Waals surface area contributed by atoms with Crippen LogP contribution in [0.2, 0.25) is 0 Å². The number of carbonyl (C=O) groups excluding carboxylic acids is 1. The quantitative estimate of drug-likeness (QED) is 0.791. The molecule has 122 valence electrons. The van der Waals surface area contributed by atoms with E-state index in [1.807, 2.05) is 6.07 Å². The minimum Gasteiger partial charge on any atom is -0.352 e. The molecule has 2 rings (SSSR count). The molecular weight excluding hydrogens is 317 g/mol. The van der Waals surface area contributed by atoms with Gasteiger partial charge in [-0.1, -0.05) is 36.4 Å². The first kappa shape index (κ1) is 17.1. The topological polar surface area (TPSA) is 63.2 Å². The van der Waals surface area contributed by atoms with Crippen molar-refractivity contribution in [1.82, 2.24) is 5.32 Å². The number of halogens is 1. The zero-order valence-corrected chi connectivity index (χ0v) is 13.4. The molecular formula is C17H18FNO3S. The number of benzene rings is 2. The van der Waals surface area contributed by atoms with Crippen LogP contribution in [0.5, 0.6) is 0 Å². The van der Waals surface area contributed by atoms with Crippen LogP contribution in [0.15, 0.2) is 54.6 Å². The molecule has 0 aromatic heterocycles. The zero-order chi connectivity index (χ0) is 16.7. The van der Waals surface area contributed by atoms with Gasteiger partial charge in [0, 0.05) is 12.1 Å². The highest BCUT2D eigenvalue weighted by Gasteiger charge is 2.12. The van der Waals surface area contributed by atoms with Crippen LogP contribution in [0.1, 0.15) is 22.3 Å². The Kier molecular flexibility index (Phi) is 5.87. The number of nitrogens with one attached hydrogen (secondary N) is 1. The van der Waals surface area contributed by atoms with E-state index in [0.29, 0.717) is 6.42 Å². The number of amides is 1. The van der Waals surface area contributed by atoms with Gasteiger partial charge in [0.15, 0.2) is 9.84 Å². The van der Waals surface area contributed by atoms with Crippen molar-refractivity contribution in [2.45, 2.75) is 12.2 Å². The molecule has 0 bridgehead atoms. The lowest BCUT2D eigenvalue weighted by Gasteiger charge is -2.07. The molecule has 0 spiro atoms. The van der Waals surface area contributed by atoms with Crippen LogP contribution < -0.4 is 5.32 Å². The Morgan fingerprint density at radius 3 is 2.48 bits per heavy atom. The molecule has 0 saturated carbocycles. The first-order valence-corrected chi connectivity index (χ1v) is 9.06. The number of hydrogen-bond donors (Lipinski definition) is 1. The number of carbonyl (C=O) groups is 1. The highest BCUT2D eigenvalue weighted by atomic mass is 32.2. The van der Waals surface area contributed by atoms with E-state index in [2.05, 4.69) is 5.32 Å². The average molecular weight is 335 g/mol. The van der Waals surface area contributed by atoms with Gasteiger partial charge < -0.3 is 5.32 Å². The van der Waals surface area contributed by atoms with E-state index < -0.39 is 21.6 Å². The smallest absolute Gasteiger partial charge is 0.251 e. The molecule has 0 atom stereocenters. The Hall–Kier alpha value is -2.21. The van der Waals surface area contributed by atoms with Gasteiger partial charge in [-0.3, -0.25) is 4.79 Å². The summed E-state index contributed by atoms with van der Waals surface area (Å²) in [6.45, 7) is 0.226. The summed E-state index contributed by atoms with van der Waals surface area (Å²) in [6.07, 6.45) is 0.316. The summed E-state index contributed by atoms with van der Waals surface area (Å²) in [5.41, 5.74) is 0.966. The molecule has 0 heterocycles. The van der Waals surface area contributed by atoms with Crippen molar-refractivity contribution in [2.75, 3.05) is 12.3 Å². The van der Waals surface area contributed by atoms with E-state index in [9.17, 15) is 17.6 Å². The summed E-state index contributed by atoms with van der Waals surface area (Å²) in [5, 5.41) is 2.59. The van der Waals surface area contributed by atoms with Gasteiger partial charge in [0.2, 0.25) is 0 Å². The third-order valence-corrected chi connectivity index (χ3v) is 4.92. The largest absolute Gasteiger partial charge is 0.352 e. The molecule has 0 aliphatic rings. The second kappa shape index (κ2) is 7.87. The van der Waals surface area contributed by atoms with Crippen molar-refractivity contribution in [3.05, 3.63) is 71.5 Å². The molecule has 0 aliphatic carbocycles. The molecule has 2 aromatic carbocycles. The van der Waals surface area contributed by atoms with Gasteiger partial charge in [-0.2, -0.15) is 0 Å². The van der Waals surface area contributed by atoms with Crippen LogP contribution in [0.3, 0.4) is 0 Å². The van der Waals surface area contributed by atoms with Gasteiger partial charge in [-0.05, 0) is 30.2 Å². The van der Waals surface area contributed by atoms with Crippen molar-refractivity contribution in [3.63, 3.8) is 0 Å². The van der Waals surface area contributed by atoms with Crippen LogP contribution in [-0.4, -0.2) is 26.6 Å². The fourth-order valence-corrected chi connectivity index (χ4v) is 3.55. The number of rotatable bonds is 7. The van der Waals surface area contributed by atoms with Crippen LogP contribution in [0, 0.1) is 5.82 Å². The Morgan fingerprint density at radius 2 is 1.78 bits per heavy atom. The molecule has 23 heavy (non-hydrogen) atoms. The number of sulfone groups is 1. The molecule has 0 saturated heterocycles. The van der Waals surface area contributed by atoms with Gasteiger partial charge in [-0.25, -0.2) is 12.8 Å². The first-order chi connectivity index (χ1) is 11.0. The van der Waals surface area contributed by atoms with Crippen molar-refractivity contribution < 1.29 is 17.6 Å². The first-order valence-electron chi connectivity index (χ1n) is 7.24. The predicted octanol–water partition coefficient (Wildman–Crippen LogP) is 2.56. The minimum absolute atomic E-state index is 0.00825. The lowest BCUT2D eigenvalue weighted by atomic mass is 10.2. The Balaban J connectivity index is 1.77. The summed E-state index contributed by atoms with van der Waals surface area (Å²) >= 11 is 0. The van der Waals surface area contributed by atoms with Gasteiger partial charge in [0.25, 0.3) is 5.91 Å². The summed E-state index contributed by atoms with van der Waals surface area (Å²) in [6, 6.07) is 14.3. The molecule has 0 radical (unpaired) electrons. The minimum atomic E-state index is -3.22. The molecule has 4 nitrogen and oxygen atoms in total. The second-order valence-electron chi connectivity index (χ2n) is 5.20. The van der Waals surface area contributed by atoms with E-state index in [1.54, 1.807) is 24.3 Å². The van der Waals surface area contributed by atoms with Gasteiger partial charge in [0.1, 0.15) is 5.82 Å². The normalized spacial score (nSPS) is 11.2. The number of hydrogen-bond acceptors (Lipinski definition) is 3. The maximum atomic E-state index is 13.0. The Bertz CT molecular complexity index is 760. The van der Waals surface area contributed by atoms with Crippen molar-refractivity contribution in [2.24, 2.45) is 0 Å². The molecule has 6 heteroatoms. The second-order valence-corrected chi connectivity index (χ2v) is 7.38. The fourth-order valence-electron chi connectivity index (χ4n) is 2.13. The van der Waals surface area contributed by atoms with E-state index in [0.717, 1.165) is 11.6 Å². The van der Waals surface area contributed by atoms with Gasteiger partial charge in [0.05, 0.1) is 11.5 Å². The van der Waals surface area contributed by atoms with E-state index in [1.165, 1.54) is 18.2 Å². The standard InChI is InChI=1S/C17H18FNO3S/c18-16-9-4-8-15(12-16)17(20)19-10-5-11-23(21,22)13-14-6-2-1-3-7-14/h1-4,6-9,12H,5,10-11,13H2,(H,19,20). The van der Waals surface area contributed by atoms with Crippen molar-refractivity contribution in [3.8, 4) is 0 Å². The summed E-state index contributed by atoms with van der Waals surface area (Å²) < 4.78 is 37.0. The lowest BCUT2D eigenvalue weighted by Crippen LogP contribution is -2.26. The van der Waals surface area contributed by atoms with Crippen molar-refractivity contribution in [1.29, 1.82) is 0 Å². The van der Waals surface area contributed by atoms with E-state index >= 15 is 0 Å². The van der Waals surface area contributed by atoms with Crippen LogP contribution >= 0.6 is 0 Å². The van der Waals surface area contributed by atoms with E-state index in [-0.39, 0.29) is 23.6 Å². The molecule has 2 aromatic rings. The van der Waals surface area contributed by atoms with Crippen LogP contribution in [-0.2, 0) is 15.6 Å². The molecule has 0 unspecified atom stereocenters. The monoisotopic (exact) mass is 335 g/mol. The van der Waals surface area contributed by atoms with Crippen LogP contribution in [0.25, 0.3) is 0 Å². The molecule has 0 fully saturated rings. The lowest BCUT2D eigenvalue weighted by molar-refractivity contribution is 0.0953. The summed E-state index contributed by atoms with van der Waals surface area (Å²) in [7, 11) is -3.22. The maximum absolute atomic E-state index is 13.0. The molecule has 1 N–H and O–H groups in total. The molecule has 1 amide bonds. The van der Waals surface area contributed by atoms with Crippen LogP contribution in [0.4, 0.5) is 4.39 Å². The van der Waals surface area contributed by atoms with Gasteiger partial charge >= 0.3 is 0 Å². The Labute approximate surface area is 135 Å². The summed E-state index contributed by atoms with van der Waals surface area (Å²) in [4.78, 5) is 11.8. The highest BCUT2D eigenvalue weighted by Crippen LogP contribution is 2.07. The fraction of sp³-hybridized carbons (Fsp3) is 0.235. The highest BCUT2D eigenvalue weighted by molar-refractivity contribution is 7.90.